The summed E-state index contributed by atoms with van der Waals surface area (Å²) in [6.45, 7) is 3.60. The molecule has 7 rings (SSSR count). The van der Waals surface area contributed by atoms with Crippen LogP contribution in [0.15, 0.2) is 77.3 Å². The third-order valence-electron chi connectivity index (χ3n) is 11.2. The number of hydrogen-bond donors (Lipinski definition) is 2. The highest BCUT2D eigenvalue weighted by molar-refractivity contribution is 9.11. The van der Waals surface area contributed by atoms with Crippen LogP contribution in [-0.2, 0) is 40.1 Å². The minimum Gasteiger partial charge on any atom is -0.455 e. The molecule has 4 aliphatic heterocycles. The molecule has 2 aromatic carbocycles. The summed E-state index contributed by atoms with van der Waals surface area (Å²) >= 11 is 3.62. The van der Waals surface area contributed by atoms with Crippen molar-refractivity contribution < 1.29 is 38.5 Å². The molecule has 54 heavy (non-hydrogen) atoms. The Kier molecular flexibility index (Phi) is 11.0. The van der Waals surface area contributed by atoms with E-state index in [4.69, 9.17) is 14.2 Å². The molecule has 5 heterocycles. The Balaban J connectivity index is 1.36. The number of rotatable bonds is 9. The number of nitrogens with one attached hydrogen (secondary N) is 1. The number of aromatic nitrogens is 3. The number of hydrogen-bond acceptors (Lipinski definition) is 10. The summed E-state index contributed by atoms with van der Waals surface area (Å²) in [6, 6.07) is 13.7. The number of methoxy groups -OCH3 is 1. The zero-order chi connectivity index (χ0) is 38.1. The van der Waals surface area contributed by atoms with Gasteiger partial charge < -0.3 is 34.4 Å². The summed E-state index contributed by atoms with van der Waals surface area (Å²) in [6.07, 6.45) is 4.59. The van der Waals surface area contributed by atoms with Gasteiger partial charge in [0.25, 0.3) is 5.91 Å². The van der Waals surface area contributed by atoms with E-state index in [9.17, 15) is 19.5 Å². The molecule has 2 N–H and O–H groups in total. The van der Waals surface area contributed by atoms with E-state index >= 15 is 4.79 Å². The van der Waals surface area contributed by atoms with Crippen LogP contribution in [-0.4, -0.2) is 110 Å². The fraction of sp³-hybridized carbons (Fsp3) is 0.487. The quantitative estimate of drug-likeness (QED) is 0.242. The molecule has 2 fully saturated rings. The molecule has 4 aliphatic rings. The van der Waals surface area contributed by atoms with E-state index in [1.54, 1.807) is 27.8 Å². The van der Waals surface area contributed by atoms with Gasteiger partial charge in [0, 0.05) is 24.6 Å². The standard InChI is InChI=1S/C39H45BrN6O8/c1-4-23(2)29(20-47)46-35-37(50)44(22-45-28-16-11-10-15-26(28)42-43-45)18-12-6-9-17-30(48)41-27(21-52-3)33(24-13-7-5-8-14-24)53-38(51)31-32(36(46)49)39(35)19-25(40)34(31)54-39/h5-8,10-16,19,23,27,29,31-35,47H,4,9,17-18,20-22H2,1-3H3,(H,41,48)/b12-6-/t23-,27-,29-,31+,32-,33-,34+,35+,39-/m0/s1. The number of benzene rings is 2. The fourth-order valence-electron chi connectivity index (χ4n) is 8.38. The Bertz CT molecular complexity index is 1950. The lowest BCUT2D eigenvalue weighted by molar-refractivity contribution is -0.163. The molecule has 9 atom stereocenters. The molecule has 1 spiro atoms. The van der Waals surface area contributed by atoms with Crippen LogP contribution in [0.25, 0.3) is 11.0 Å². The van der Waals surface area contributed by atoms with Crippen LogP contribution < -0.4 is 5.32 Å². The molecular weight excluding hydrogens is 760 g/mol. The summed E-state index contributed by atoms with van der Waals surface area (Å²) in [5, 5.41) is 22.5. The Morgan fingerprint density at radius 1 is 1.06 bits per heavy atom. The van der Waals surface area contributed by atoms with Crippen LogP contribution in [0.3, 0.4) is 0 Å². The molecule has 5 bridgehead atoms. The van der Waals surface area contributed by atoms with Gasteiger partial charge >= 0.3 is 5.97 Å². The predicted molar refractivity (Wildman–Crippen MR) is 199 cm³/mol. The average Bonchev–Trinajstić information content (AvgIpc) is 3.90. The predicted octanol–water partition coefficient (Wildman–Crippen LogP) is 3.26. The van der Waals surface area contributed by atoms with E-state index < -0.39 is 72.2 Å². The first-order valence-corrected chi connectivity index (χ1v) is 19.2. The second kappa shape index (κ2) is 15.7. The monoisotopic (exact) mass is 804 g/mol. The lowest BCUT2D eigenvalue weighted by Crippen LogP contribution is -2.59. The fourth-order valence-corrected chi connectivity index (χ4v) is 9.11. The third kappa shape index (κ3) is 6.65. The molecule has 3 amide bonds. The van der Waals surface area contributed by atoms with Gasteiger partial charge in [0.2, 0.25) is 11.8 Å². The van der Waals surface area contributed by atoms with Gasteiger partial charge in [0.1, 0.15) is 42.0 Å². The van der Waals surface area contributed by atoms with Gasteiger partial charge in [-0.2, -0.15) is 0 Å². The lowest BCUT2D eigenvalue weighted by Gasteiger charge is -2.40. The number of carbonyl (C=O) groups excluding carboxylic acids is 4. The van der Waals surface area contributed by atoms with Crippen molar-refractivity contribution in [3.8, 4) is 0 Å². The first kappa shape index (κ1) is 37.9. The van der Waals surface area contributed by atoms with E-state index in [0.29, 0.717) is 33.9 Å². The minimum atomic E-state index is -1.56. The average molecular weight is 806 g/mol. The van der Waals surface area contributed by atoms with Crippen molar-refractivity contribution in [2.24, 2.45) is 17.8 Å². The Morgan fingerprint density at radius 3 is 2.56 bits per heavy atom. The zero-order valence-electron chi connectivity index (χ0n) is 30.4. The first-order valence-electron chi connectivity index (χ1n) is 18.4. The van der Waals surface area contributed by atoms with Crippen LogP contribution >= 0.6 is 15.9 Å². The first-order chi connectivity index (χ1) is 26.1. The highest BCUT2D eigenvalue weighted by Gasteiger charge is 2.75. The maximum atomic E-state index is 15.3. The van der Waals surface area contributed by atoms with E-state index in [0.717, 1.165) is 0 Å². The second-order valence-electron chi connectivity index (χ2n) is 14.4. The number of likely N-dealkylation sites (tertiary alicyclic amines) is 1. The van der Waals surface area contributed by atoms with Gasteiger partial charge in [-0.25, -0.2) is 4.68 Å². The van der Waals surface area contributed by atoms with Gasteiger partial charge in [-0.15, -0.1) is 5.10 Å². The van der Waals surface area contributed by atoms with Crippen molar-refractivity contribution in [2.45, 2.75) is 75.7 Å². The number of esters is 1. The Hall–Kier alpha value is -4.44. The normalized spacial score (nSPS) is 30.6. The molecule has 14 nitrogen and oxygen atoms in total. The van der Waals surface area contributed by atoms with Gasteiger partial charge in [0.05, 0.1) is 36.7 Å². The Morgan fingerprint density at radius 2 is 1.81 bits per heavy atom. The molecule has 15 heteroatoms. The van der Waals surface area contributed by atoms with Crippen molar-refractivity contribution >= 4 is 50.7 Å². The van der Waals surface area contributed by atoms with Crippen LogP contribution in [0.5, 0.6) is 0 Å². The van der Waals surface area contributed by atoms with Gasteiger partial charge in [0.15, 0.2) is 0 Å². The van der Waals surface area contributed by atoms with Gasteiger partial charge in [-0.05, 0) is 36.1 Å². The highest BCUT2D eigenvalue weighted by Crippen LogP contribution is 2.59. The molecule has 1 aromatic heterocycles. The maximum absolute atomic E-state index is 15.3. The number of allylic oxidation sites excluding steroid dienone is 1. The zero-order valence-corrected chi connectivity index (χ0v) is 32.0. The number of ether oxygens (including phenoxy) is 3. The number of aliphatic hydroxyl groups is 1. The number of halogens is 1. The van der Waals surface area contributed by atoms with Crippen LogP contribution in [0.1, 0.15) is 44.8 Å². The number of nitrogens with zero attached hydrogens (tertiary/aromatic N) is 5. The second-order valence-corrected chi connectivity index (χ2v) is 15.3. The van der Waals surface area contributed by atoms with E-state index in [1.165, 1.54) is 12.0 Å². The number of carbonyl (C=O) groups is 4. The molecular formula is C39H45BrN6O8. The molecule has 0 saturated carbocycles. The number of para-hydroxylation sites is 1. The molecule has 0 unspecified atom stereocenters. The largest absolute Gasteiger partial charge is 0.455 e. The number of fused-ring (bicyclic) bond motifs is 3. The molecule has 0 aliphatic carbocycles. The van der Waals surface area contributed by atoms with E-state index in [1.807, 2.05) is 68.5 Å². The van der Waals surface area contributed by atoms with Gasteiger partial charge in [-0.3, -0.25) is 19.2 Å². The molecule has 0 radical (unpaired) electrons. The smallest absolute Gasteiger partial charge is 0.313 e. The van der Waals surface area contributed by atoms with Crippen LogP contribution in [0, 0.1) is 17.8 Å². The summed E-state index contributed by atoms with van der Waals surface area (Å²) in [5.74, 6) is -4.42. The van der Waals surface area contributed by atoms with Crippen molar-refractivity contribution in [1.82, 2.24) is 30.1 Å². The number of amides is 3. The van der Waals surface area contributed by atoms with Crippen LogP contribution in [0.2, 0.25) is 0 Å². The van der Waals surface area contributed by atoms with Crippen molar-refractivity contribution in [2.75, 3.05) is 26.9 Å². The lowest BCUT2D eigenvalue weighted by atomic mass is 9.74. The van der Waals surface area contributed by atoms with E-state index in [-0.39, 0.29) is 38.1 Å². The molecule has 286 valence electrons. The summed E-state index contributed by atoms with van der Waals surface area (Å²) in [7, 11) is 1.50. The topological polar surface area (TPSA) is 165 Å². The van der Waals surface area contributed by atoms with Crippen molar-refractivity contribution in [1.29, 1.82) is 0 Å². The summed E-state index contributed by atoms with van der Waals surface area (Å²) < 4.78 is 20.7. The highest BCUT2D eigenvalue weighted by atomic mass is 79.9. The third-order valence-corrected chi connectivity index (χ3v) is 11.9. The van der Waals surface area contributed by atoms with Crippen molar-refractivity contribution in [3.63, 3.8) is 0 Å². The van der Waals surface area contributed by atoms with Gasteiger partial charge in [-0.1, -0.05) is 96.0 Å². The summed E-state index contributed by atoms with van der Waals surface area (Å²) in [4.78, 5) is 61.3. The van der Waals surface area contributed by atoms with Crippen LogP contribution in [0.4, 0.5) is 0 Å². The SMILES string of the molecule is CC[C@H](C)[C@H](CO)N1C(=O)[C@@H]2[C@H]3C(=O)O[C@@H](c4ccccc4)[C@H](COC)NC(=O)CC/C=C\CN(Cn4nnc5ccccc54)C(=O)[C@@H]1[C@]21C=C(Br)[C@H]3O1. The van der Waals surface area contributed by atoms with Crippen molar-refractivity contribution in [3.05, 3.63) is 82.9 Å². The minimum absolute atomic E-state index is 0.0200. The molecule has 2 saturated heterocycles. The van der Waals surface area contributed by atoms with E-state index in [2.05, 4.69) is 31.6 Å². The Labute approximate surface area is 321 Å². The number of cyclic esters (lactones) is 1. The summed E-state index contributed by atoms with van der Waals surface area (Å²) in [5.41, 5.74) is 0.419. The maximum Gasteiger partial charge on any atom is 0.313 e. The number of aliphatic hydroxyl groups excluding tert-OH is 1. The molecule has 3 aromatic rings.